The van der Waals surface area contributed by atoms with E-state index in [2.05, 4.69) is 26.1 Å². The number of hydrogen-bond donors (Lipinski definition) is 1. The molecular weight excluding hydrogens is 210 g/mol. The van der Waals surface area contributed by atoms with E-state index in [1.165, 1.54) is 44.9 Å². The zero-order chi connectivity index (χ0) is 12.6. The molecule has 1 fully saturated rings. The first kappa shape index (κ1) is 15.0. The molecule has 0 bridgehead atoms. The van der Waals surface area contributed by atoms with E-state index in [1.807, 2.05) is 0 Å². The van der Waals surface area contributed by atoms with Crippen LogP contribution in [0.5, 0.6) is 0 Å². The highest BCUT2D eigenvalue weighted by Crippen LogP contribution is 2.28. The molecule has 2 nitrogen and oxygen atoms in total. The Kier molecular flexibility index (Phi) is 7.14. The van der Waals surface area contributed by atoms with Crippen molar-refractivity contribution in [3.63, 3.8) is 0 Å². The average Bonchev–Trinajstić information content (AvgIpc) is 2.33. The van der Waals surface area contributed by atoms with Crippen molar-refractivity contribution < 1.29 is 4.74 Å². The maximum absolute atomic E-state index is 5.44. The van der Waals surface area contributed by atoms with E-state index in [-0.39, 0.29) is 0 Å². The van der Waals surface area contributed by atoms with Crippen LogP contribution in [0.3, 0.4) is 0 Å². The van der Waals surface area contributed by atoms with Crippen molar-refractivity contribution in [1.82, 2.24) is 5.32 Å². The lowest BCUT2D eigenvalue weighted by molar-refractivity contribution is 0.0230. The highest BCUT2D eigenvalue weighted by atomic mass is 16.5. The summed E-state index contributed by atoms with van der Waals surface area (Å²) in [5, 5.41) is 3.71. The third-order valence-electron chi connectivity index (χ3n) is 4.07. The second kappa shape index (κ2) is 8.10. The molecule has 0 aromatic carbocycles. The Labute approximate surface area is 108 Å². The smallest absolute Gasteiger partial charge is 0.0471 e. The van der Waals surface area contributed by atoms with Gasteiger partial charge in [0, 0.05) is 25.8 Å². The molecule has 2 heteroatoms. The van der Waals surface area contributed by atoms with Crippen LogP contribution in [0.1, 0.15) is 65.7 Å². The topological polar surface area (TPSA) is 21.3 Å². The van der Waals surface area contributed by atoms with Crippen LogP contribution in [0.15, 0.2) is 0 Å². The van der Waals surface area contributed by atoms with Crippen LogP contribution in [0.25, 0.3) is 0 Å². The first-order chi connectivity index (χ1) is 8.16. The maximum Gasteiger partial charge on any atom is 0.0471 e. The Morgan fingerprint density at radius 3 is 2.53 bits per heavy atom. The quantitative estimate of drug-likeness (QED) is 0.653. The van der Waals surface area contributed by atoms with Gasteiger partial charge in [0.25, 0.3) is 0 Å². The van der Waals surface area contributed by atoms with E-state index >= 15 is 0 Å². The minimum Gasteiger partial charge on any atom is -0.381 e. The molecule has 0 aliphatic carbocycles. The highest BCUT2D eigenvalue weighted by Gasteiger charge is 2.27. The molecule has 0 saturated carbocycles. The molecule has 102 valence electrons. The molecule has 1 heterocycles. The number of hydrogen-bond acceptors (Lipinski definition) is 2. The molecule has 1 saturated heterocycles. The first-order valence-corrected chi connectivity index (χ1v) is 7.47. The SMILES string of the molecule is CCCCCCC(C)NCC1(C)CCOCC1. The van der Waals surface area contributed by atoms with Crippen molar-refractivity contribution in [2.45, 2.75) is 71.8 Å². The molecule has 1 aliphatic heterocycles. The Morgan fingerprint density at radius 1 is 1.18 bits per heavy atom. The van der Waals surface area contributed by atoms with E-state index in [9.17, 15) is 0 Å². The zero-order valence-corrected chi connectivity index (χ0v) is 12.1. The molecule has 0 aromatic heterocycles. The zero-order valence-electron chi connectivity index (χ0n) is 12.1. The van der Waals surface area contributed by atoms with E-state index in [0.29, 0.717) is 11.5 Å². The summed E-state index contributed by atoms with van der Waals surface area (Å²) in [5.74, 6) is 0. The van der Waals surface area contributed by atoms with Gasteiger partial charge in [0.2, 0.25) is 0 Å². The summed E-state index contributed by atoms with van der Waals surface area (Å²) in [6.45, 7) is 10.0. The van der Waals surface area contributed by atoms with Gasteiger partial charge in [-0.25, -0.2) is 0 Å². The number of nitrogens with one attached hydrogen (secondary N) is 1. The molecule has 17 heavy (non-hydrogen) atoms. The fourth-order valence-corrected chi connectivity index (χ4v) is 2.44. The molecule has 0 amide bonds. The van der Waals surface area contributed by atoms with Crippen molar-refractivity contribution in [3.8, 4) is 0 Å². The van der Waals surface area contributed by atoms with Gasteiger partial charge in [-0.1, -0.05) is 39.5 Å². The van der Waals surface area contributed by atoms with Crippen LogP contribution in [0.4, 0.5) is 0 Å². The van der Waals surface area contributed by atoms with Crippen LogP contribution in [-0.2, 0) is 4.74 Å². The Balaban J connectivity index is 2.07. The first-order valence-electron chi connectivity index (χ1n) is 7.47. The summed E-state index contributed by atoms with van der Waals surface area (Å²) in [4.78, 5) is 0. The summed E-state index contributed by atoms with van der Waals surface area (Å²) in [6, 6.07) is 0.673. The second-order valence-electron chi connectivity index (χ2n) is 6.05. The second-order valence-corrected chi connectivity index (χ2v) is 6.05. The summed E-state index contributed by atoms with van der Waals surface area (Å²) < 4.78 is 5.44. The Hall–Kier alpha value is -0.0800. The lowest BCUT2D eigenvalue weighted by atomic mass is 9.82. The maximum atomic E-state index is 5.44. The Bertz CT molecular complexity index is 187. The number of unbranched alkanes of at least 4 members (excludes halogenated alkanes) is 3. The molecule has 1 unspecified atom stereocenters. The van der Waals surface area contributed by atoms with E-state index in [0.717, 1.165) is 19.8 Å². The van der Waals surface area contributed by atoms with Gasteiger partial charge in [-0.05, 0) is 31.6 Å². The predicted molar refractivity (Wildman–Crippen MR) is 74.4 cm³/mol. The predicted octanol–water partition coefficient (Wildman–Crippen LogP) is 3.75. The average molecular weight is 241 g/mol. The lowest BCUT2D eigenvalue weighted by Crippen LogP contribution is -2.40. The van der Waals surface area contributed by atoms with Gasteiger partial charge in [0.05, 0.1) is 0 Å². The molecular formula is C15H31NO. The standard InChI is InChI=1S/C15H31NO/c1-4-5-6-7-8-14(2)16-13-15(3)9-11-17-12-10-15/h14,16H,4-13H2,1-3H3. The number of ether oxygens (including phenoxy) is 1. The van der Waals surface area contributed by atoms with Crippen molar-refractivity contribution in [3.05, 3.63) is 0 Å². The van der Waals surface area contributed by atoms with Gasteiger partial charge in [-0.15, -0.1) is 0 Å². The fraction of sp³-hybridized carbons (Fsp3) is 1.00. The molecule has 1 N–H and O–H groups in total. The van der Waals surface area contributed by atoms with Crippen molar-refractivity contribution >= 4 is 0 Å². The summed E-state index contributed by atoms with van der Waals surface area (Å²) in [7, 11) is 0. The third kappa shape index (κ3) is 6.42. The van der Waals surface area contributed by atoms with Gasteiger partial charge in [-0.2, -0.15) is 0 Å². The van der Waals surface area contributed by atoms with Gasteiger partial charge < -0.3 is 10.1 Å². The lowest BCUT2D eigenvalue weighted by Gasteiger charge is -2.34. The van der Waals surface area contributed by atoms with Crippen molar-refractivity contribution in [2.75, 3.05) is 19.8 Å². The normalized spacial score (nSPS) is 21.4. The van der Waals surface area contributed by atoms with Gasteiger partial charge in [0.15, 0.2) is 0 Å². The van der Waals surface area contributed by atoms with Gasteiger partial charge in [0.1, 0.15) is 0 Å². The highest BCUT2D eigenvalue weighted by molar-refractivity contribution is 4.80. The summed E-state index contributed by atoms with van der Waals surface area (Å²) in [5.41, 5.74) is 0.468. The van der Waals surface area contributed by atoms with Crippen molar-refractivity contribution in [2.24, 2.45) is 5.41 Å². The van der Waals surface area contributed by atoms with Crippen LogP contribution in [0, 0.1) is 5.41 Å². The minimum atomic E-state index is 0.468. The van der Waals surface area contributed by atoms with Gasteiger partial charge in [-0.3, -0.25) is 0 Å². The summed E-state index contributed by atoms with van der Waals surface area (Å²) >= 11 is 0. The van der Waals surface area contributed by atoms with Gasteiger partial charge >= 0.3 is 0 Å². The molecule has 1 aliphatic rings. The molecule has 1 atom stereocenters. The molecule has 0 radical (unpaired) electrons. The fourth-order valence-electron chi connectivity index (χ4n) is 2.44. The molecule has 0 aromatic rings. The number of rotatable bonds is 8. The van der Waals surface area contributed by atoms with E-state index in [1.54, 1.807) is 0 Å². The Morgan fingerprint density at radius 2 is 1.88 bits per heavy atom. The third-order valence-corrected chi connectivity index (χ3v) is 4.07. The largest absolute Gasteiger partial charge is 0.381 e. The van der Waals surface area contributed by atoms with E-state index in [4.69, 9.17) is 4.74 Å². The van der Waals surface area contributed by atoms with E-state index < -0.39 is 0 Å². The minimum absolute atomic E-state index is 0.468. The molecule has 1 rings (SSSR count). The monoisotopic (exact) mass is 241 g/mol. The van der Waals surface area contributed by atoms with Crippen LogP contribution < -0.4 is 5.32 Å². The summed E-state index contributed by atoms with van der Waals surface area (Å²) in [6.07, 6.45) is 9.24. The van der Waals surface area contributed by atoms with Crippen LogP contribution in [0.2, 0.25) is 0 Å². The van der Waals surface area contributed by atoms with Crippen LogP contribution in [-0.4, -0.2) is 25.8 Å². The molecule has 0 spiro atoms. The van der Waals surface area contributed by atoms with Crippen LogP contribution >= 0.6 is 0 Å². The van der Waals surface area contributed by atoms with Crippen molar-refractivity contribution in [1.29, 1.82) is 0 Å².